The van der Waals surface area contributed by atoms with Gasteiger partial charge in [0.2, 0.25) is 5.91 Å². The third kappa shape index (κ3) is 5.78. The van der Waals surface area contributed by atoms with Gasteiger partial charge >= 0.3 is 5.97 Å². The van der Waals surface area contributed by atoms with Crippen LogP contribution >= 0.6 is 23.2 Å². The molecule has 0 aromatic heterocycles. The number of amides is 1. The van der Waals surface area contributed by atoms with Crippen LogP contribution in [-0.4, -0.2) is 23.0 Å². The lowest BCUT2D eigenvalue weighted by molar-refractivity contribution is -0.142. The number of halogens is 2. The SMILES string of the molecule is CCC(C)C(NC(=O)/C=C/c1cc(Cl)cc(Cl)c1)C(=O)O. The molecule has 1 amide bonds. The predicted octanol–water partition coefficient (Wildman–Crippen LogP) is 3.62. The zero-order valence-corrected chi connectivity index (χ0v) is 13.3. The molecular formula is C15H17Cl2NO3. The molecule has 0 heterocycles. The monoisotopic (exact) mass is 329 g/mol. The van der Waals surface area contributed by atoms with Crippen LogP contribution in [0, 0.1) is 5.92 Å². The first-order valence-electron chi connectivity index (χ1n) is 6.51. The Balaban J connectivity index is 2.75. The van der Waals surface area contributed by atoms with Crippen molar-refractivity contribution in [1.82, 2.24) is 5.32 Å². The van der Waals surface area contributed by atoms with Crippen molar-refractivity contribution in [3.05, 3.63) is 39.9 Å². The van der Waals surface area contributed by atoms with Crippen molar-refractivity contribution in [2.24, 2.45) is 5.92 Å². The van der Waals surface area contributed by atoms with E-state index in [0.29, 0.717) is 22.0 Å². The number of hydrogen-bond acceptors (Lipinski definition) is 2. The minimum absolute atomic E-state index is 0.152. The number of carboxylic acid groups (broad SMARTS) is 1. The molecule has 21 heavy (non-hydrogen) atoms. The van der Waals surface area contributed by atoms with Gasteiger partial charge in [0, 0.05) is 16.1 Å². The molecule has 0 saturated carbocycles. The predicted molar refractivity (Wildman–Crippen MR) is 84.5 cm³/mol. The summed E-state index contributed by atoms with van der Waals surface area (Å²) in [5.74, 6) is -1.67. The van der Waals surface area contributed by atoms with E-state index in [1.807, 2.05) is 6.92 Å². The number of benzene rings is 1. The van der Waals surface area contributed by atoms with Crippen molar-refractivity contribution in [3.63, 3.8) is 0 Å². The summed E-state index contributed by atoms with van der Waals surface area (Å²) in [5, 5.41) is 12.5. The van der Waals surface area contributed by atoms with Crippen LogP contribution in [0.1, 0.15) is 25.8 Å². The van der Waals surface area contributed by atoms with Crippen LogP contribution in [-0.2, 0) is 9.59 Å². The molecule has 1 aromatic rings. The second-order valence-electron chi connectivity index (χ2n) is 4.75. The molecule has 0 aliphatic rings. The Morgan fingerprint density at radius 1 is 1.29 bits per heavy atom. The van der Waals surface area contributed by atoms with Crippen molar-refractivity contribution in [2.75, 3.05) is 0 Å². The average molecular weight is 330 g/mol. The van der Waals surface area contributed by atoms with Gasteiger partial charge < -0.3 is 10.4 Å². The summed E-state index contributed by atoms with van der Waals surface area (Å²) in [6.45, 7) is 3.65. The first-order chi connectivity index (χ1) is 9.83. The fourth-order valence-electron chi connectivity index (χ4n) is 1.73. The molecular weight excluding hydrogens is 313 g/mol. The minimum atomic E-state index is -1.04. The first kappa shape index (κ1) is 17.5. The highest BCUT2D eigenvalue weighted by Gasteiger charge is 2.24. The van der Waals surface area contributed by atoms with E-state index in [0.717, 1.165) is 0 Å². The molecule has 0 aliphatic heterocycles. The lowest BCUT2D eigenvalue weighted by atomic mass is 9.99. The number of carboxylic acids is 1. The van der Waals surface area contributed by atoms with Crippen LogP contribution in [0.2, 0.25) is 10.0 Å². The Labute approximate surface area is 133 Å². The quantitative estimate of drug-likeness (QED) is 0.783. The number of aliphatic carboxylic acids is 1. The Bertz CT molecular complexity index is 538. The number of rotatable bonds is 6. The van der Waals surface area contributed by atoms with Crippen LogP contribution in [0.25, 0.3) is 6.08 Å². The third-order valence-electron chi connectivity index (χ3n) is 3.09. The molecule has 0 saturated heterocycles. The summed E-state index contributed by atoms with van der Waals surface area (Å²) < 4.78 is 0. The molecule has 0 aliphatic carbocycles. The summed E-state index contributed by atoms with van der Waals surface area (Å²) >= 11 is 11.7. The molecule has 0 radical (unpaired) electrons. The summed E-state index contributed by atoms with van der Waals surface area (Å²) in [6, 6.07) is 3.99. The number of carbonyl (C=O) groups excluding carboxylic acids is 1. The maximum atomic E-state index is 11.8. The topological polar surface area (TPSA) is 66.4 Å². The number of nitrogens with one attached hydrogen (secondary N) is 1. The van der Waals surface area contributed by atoms with Crippen LogP contribution in [0.15, 0.2) is 24.3 Å². The van der Waals surface area contributed by atoms with Crippen LogP contribution in [0.4, 0.5) is 0 Å². The van der Waals surface area contributed by atoms with Gasteiger partial charge in [0.25, 0.3) is 0 Å². The lowest BCUT2D eigenvalue weighted by Gasteiger charge is -2.19. The van der Waals surface area contributed by atoms with Crippen LogP contribution in [0.5, 0.6) is 0 Å². The zero-order valence-electron chi connectivity index (χ0n) is 11.8. The van der Waals surface area contributed by atoms with Gasteiger partial charge in [-0.15, -0.1) is 0 Å². The maximum absolute atomic E-state index is 11.8. The van der Waals surface area contributed by atoms with Gasteiger partial charge in [-0.2, -0.15) is 0 Å². The largest absolute Gasteiger partial charge is 0.480 e. The minimum Gasteiger partial charge on any atom is -0.480 e. The molecule has 0 spiro atoms. The fraction of sp³-hybridized carbons (Fsp3) is 0.333. The summed E-state index contributed by atoms with van der Waals surface area (Å²) in [4.78, 5) is 22.9. The molecule has 0 fully saturated rings. The standard InChI is InChI=1S/C15H17Cl2NO3/c1-3-9(2)14(15(20)21)18-13(19)5-4-10-6-11(16)8-12(17)7-10/h4-9,14H,3H2,1-2H3,(H,18,19)(H,20,21)/b5-4+. The van der Waals surface area contributed by atoms with Gasteiger partial charge in [-0.1, -0.05) is 43.5 Å². The Morgan fingerprint density at radius 3 is 2.33 bits per heavy atom. The van der Waals surface area contributed by atoms with Crippen molar-refractivity contribution in [3.8, 4) is 0 Å². The second-order valence-corrected chi connectivity index (χ2v) is 5.62. The van der Waals surface area contributed by atoms with Crippen molar-refractivity contribution < 1.29 is 14.7 Å². The van der Waals surface area contributed by atoms with Gasteiger partial charge in [-0.3, -0.25) is 4.79 Å². The molecule has 6 heteroatoms. The number of hydrogen-bond donors (Lipinski definition) is 2. The Kier molecular flexibility index (Phi) is 6.72. The van der Waals surface area contributed by atoms with E-state index in [1.165, 1.54) is 12.2 Å². The summed E-state index contributed by atoms with van der Waals surface area (Å²) in [6.07, 6.45) is 3.45. The number of carbonyl (C=O) groups is 2. The van der Waals surface area contributed by atoms with E-state index in [-0.39, 0.29) is 5.92 Å². The highest BCUT2D eigenvalue weighted by atomic mass is 35.5. The van der Waals surface area contributed by atoms with Crippen molar-refractivity contribution in [1.29, 1.82) is 0 Å². The third-order valence-corrected chi connectivity index (χ3v) is 3.53. The van der Waals surface area contributed by atoms with E-state index in [2.05, 4.69) is 5.32 Å². The fourth-order valence-corrected chi connectivity index (χ4v) is 2.27. The Morgan fingerprint density at radius 2 is 1.86 bits per heavy atom. The zero-order chi connectivity index (χ0) is 16.0. The van der Waals surface area contributed by atoms with Crippen LogP contribution < -0.4 is 5.32 Å². The highest BCUT2D eigenvalue weighted by Crippen LogP contribution is 2.19. The molecule has 4 nitrogen and oxygen atoms in total. The maximum Gasteiger partial charge on any atom is 0.326 e. The molecule has 2 N–H and O–H groups in total. The highest BCUT2D eigenvalue weighted by molar-refractivity contribution is 6.34. The van der Waals surface area contributed by atoms with Gasteiger partial charge in [0.05, 0.1) is 0 Å². The van der Waals surface area contributed by atoms with Crippen molar-refractivity contribution >= 4 is 41.2 Å². The molecule has 1 rings (SSSR count). The average Bonchev–Trinajstić information content (AvgIpc) is 2.40. The molecule has 114 valence electrons. The van der Waals surface area contributed by atoms with E-state index in [1.54, 1.807) is 25.1 Å². The van der Waals surface area contributed by atoms with E-state index >= 15 is 0 Å². The molecule has 2 unspecified atom stereocenters. The van der Waals surface area contributed by atoms with E-state index in [4.69, 9.17) is 28.3 Å². The van der Waals surface area contributed by atoms with Gasteiger partial charge in [-0.05, 0) is 35.8 Å². The lowest BCUT2D eigenvalue weighted by Crippen LogP contribution is -2.44. The second kappa shape index (κ2) is 8.05. The van der Waals surface area contributed by atoms with E-state index < -0.39 is 17.9 Å². The Hall–Kier alpha value is -1.52. The van der Waals surface area contributed by atoms with E-state index in [9.17, 15) is 9.59 Å². The van der Waals surface area contributed by atoms with Crippen LogP contribution in [0.3, 0.4) is 0 Å². The normalized spacial score (nSPS) is 13.9. The summed E-state index contributed by atoms with van der Waals surface area (Å²) in [5.41, 5.74) is 0.665. The molecule has 2 atom stereocenters. The smallest absolute Gasteiger partial charge is 0.326 e. The molecule has 0 bridgehead atoms. The molecule has 1 aromatic carbocycles. The van der Waals surface area contributed by atoms with Gasteiger partial charge in [-0.25, -0.2) is 4.79 Å². The first-order valence-corrected chi connectivity index (χ1v) is 7.26. The van der Waals surface area contributed by atoms with Gasteiger partial charge in [0.1, 0.15) is 6.04 Å². The van der Waals surface area contributed by atoms with Crippen molar-refractivity contribution in [2.45, 2.75) is 26.3 Å². The summed E-state index contributed by atoms with van der Waals surface area (Å²) in [7, 11) is 0. The van der Waals surface area contributed by atoms with Gasteiger partial charge in [0.15, 0.2) is 0 Å².